The van der Waals surface area contributed by atoms with Crippen LogP contribution in [0.2, 0.25) is 0 Å². The highest BCUT2D eigenvalue weighted by atomic mass is 16.6. The highest BCUT2D eigenvalue weighted by Gasteiger charge is 2.13. The summed E-state index contributed by atoms with van der Waals surface area (Å²) in [6.45, 7) is 1.84. The fourth-order valence-corrected chi connectivity index (χ4v) is 1.92. The molecule has 3 N–H and O–H groups in total. The summed E-state index contributed by atoms with van der Waals surface area (Å²) in [6, 6.07) is 4.24. The third-order valence-corrected chi connectivity index (χ3v) is 3.11. The van der Waals surface area contributed by atoms with Gasteiger partial charge in [0.1, 0.15) is 5.69 Å². The van der Waals surface area contributed by atoms with Crippen LogP contribution in [0.25, 0.3) is 10.4 Å². The van der Waals surface area contributed by atoms with E-state index in [2.05, 4.69) is 15.3 Å². The van der Waals surface area contributed by atoms with Gasteiger partial charge in [-0.25, -0.2) is 0 Å². The number of nitro benzene ring substituents is 1. The van der Waals surface area contributed by atoms with E-state index in [1.54, 1.807) is 0 Å². The van der Waals surface area contributed by atoms with Gasteiger partial charge in [-0.15, -0.1) is 0 Å². The van der Waals surface area contributed by atoms with Crippen molar-refractivity contribution in [1.82, 2.24) is 4.90 Å². The summed E-state index contributed by atoms with van der Waals surface area (Å²) >= 11 is 0. The molecule has 1 rings (SSSR count). The predicted molar refractivity (Wildman–Crippen MR) is 86.3 cm³/mol. The maximum atomic E-state index is 11.0. The number of anilines is 1. The summed E-state index contributed by atoms with van der Waals surface area (Å²) in [6.07, 6.45) is 1.04. The Bertz CT molecular complexity index is 614. The molecule has 0 fully saturated rings. The molecule has 0 saturated heterocycles. The van der Waals surface area contributed by atoms with Gasteiger partial charge in [0, 0.05) is 36.2 Å². The smallest absolute Gasteiger partial charge is 0.292 e. The van der Waals surface area contributed by atoms with Crippen LogP contribution in [0.3, 0.4) is 0 Å². The second-order valence-electron chi connectivity index (χ2n) is 4.95. The molecule has 0 bridgehead atoms. The number of nitrogens with one attached hydrogen (secondary N) is 1. The SMILES string of the molecule is CN(CCCNc1ccc(N=[N+]=[N-])cc1[N+](=O)[O-])CCC(N)=O. The standard InChI is InChI=1S/C13H19N7O3/c1-19(8-5-13(14)21)7-2-6-16-11-4-3-10(17-18-15)9-12(11)20(22)23/h3-4,9,16H,2,5-8H2,1H3,(H2,14,21). The summed E-state index contributed by atoms with van der Waals surface area (Å²) in [5, 5.41) is 17.4. The summed E-state index contributed by atoms with van der Waals surface area (Å²) < 4.78 is 0. The van der Waals surface area contributed by atoms with Gasteiger partial charge in [0.15, 0.2) is 0 Å². The number of carbonyl (C=O) groups excluding carboxylic acids is 1. The van der Waals surface area contributed by atoms with Crippen LogP contribution < -0.4 is 11.1 Å². The summed E-state index contributed by atoms with van der Waals surface area (Å²) in [7, 11) is 1.88. The average Bonchev–Trinajstić information content (AvgIpc) is 2.50. The molecule has 1 aromatic carbocycles. The minimum Gasteiger partial charge on any atom is -0.379 e. The number of nitrogens with two attached hydrogens (primary N) is 1. The number of hydrogen-bond acceptors (Lipinski definition) is 6. The molecule has 0 radical (unpaired) electrons. The molecule has 1 aromatic rings. The van der Waals surface area contributed by atoms with Gasteiger partial charge in [-0.2, -0.15) is 0 Å². The Labute approximate surface area is 133 Å². The van der Waals surface area contributed by atoms with E-state index in [1.165, 1.54) is 18.2 Å². The number of carbonyl (C=O) groups is 1. The lowest BCUT2D eigenvalue weighted by atomic mass is 10.2. The van der Waals surface area contributed by atoms with Crippen LogP contribution in [-0.4, -0.2) is 42.4 Å². The van der Waals surface area contributed by atoms with E-state index in [9.17, 15) is 14.9 Å². The topological polar surface area (TPSA) is 150 Å². The Morgan fingerprint density at radius 3 is 2.87 bits per heavy atom. The van der Waals surface area contributed by atoms with Gasteiger partial charge in [-0.05, 0) is 31.6 Å². The summed E-state index contributed by atoms with van der Waals surface area (Å²) in [4.78, 5) is 25.8. The van der Waals surface area contributed by atoms with E-state index in [1.807, 2.05) is 11.9 Å². The van der Waals surface area contributed by atoms with Crippen molar-refractivity contribution in [2.45, 2.75) is 12.8 Å². The van der Waals surface area contributed by atoms with Crippen LogP contribution >= 0.6 is 0 Å². The summed E-state index contributed by atoms with van der Waals surface area (Å²) in [5.74, 6) is -0.342. The zero-order chi connectivity index (χ0) is 17.2. The van der Waals surface area contributed by atoms with E-state index >= 15 is 0 Å². The minimum absolute atomic E-state index is 0.142. The van der Waals surface area contributed by atoms with Crippen LogP contribution in [0.15, 0.2) is 23.3 Å². The molecule has 0 aliphatic heterocycles. The second-order valence-corrected chi connectivity index (χ2v) is 4.95. The number of hydrogen-bond donors (Lipinski definition) is 2. The lowest BCUT2D eigenvalue weighted by Crippen LogP contribution is -2.26. The third-order valence-electron chi connectivity index (χ3n) is 3.11. The van der Waals surface area contributed by atoms with Gasteiger partial charge < -0.3 is 16.0 Å². The maximum Gasteiger partial charge on any atom is 0.292 e. The van der Waals surface area contributed by atoms with Crippen molar-refractivity contribution >= 4 is 23.0 Å². The molecule has 10 heteroatoms. The molecule has 0 spiro atoms. The van der Waals surface area contributed by atoms with E-state index in [0.29, 0.717) is 25.2 Å². The highest BCUT2D eigenvalue weighted by Crippen LogP contribution is 2.29. The Kier molecular flexibility index (Phi) is 7.31. The number of primary amides is 1. The molecule has 124 valence electrons. The first kappa shape index (κ1) is 18.2. The highest BCUT2D eigenvalue weighted by molar-refractivity contribution is 5.73. The van der Waals surface area contributed by atoms with Crippen LogP contribution in [0, 0.1) is 10.1 Å². The van der Waals surface area contributed by atoms with Crippen LogP contribution in [0.1, 0.15) is 12.8 Å². The number of amides is 1. The Morgan fingerprint density at radius 2 is 2.26 bits per heavy atom. The van der Waals surface area contributed by atoms with Crippen molar-refractivity contribution in [2.24, 2.45) is 10.8 Å². The summed E-state index contributed by atoms with van der Waals surface area (Å²) in [5.41, 5.74) is 13.9. The molecule has 0 atom stereocenters. The van der Waals surface area contributed by atoms with Gasteiger partial charge in [0.2, 0.25) is 5.91 Å². The van der Waals surface area contributed by atoms with Crippen LogP contribution in [0.5, 0.6) is 0 Å². The first-order valence-electron chi connectivity index (χ1n) is 6.98. The fourth-order valence-electron chi connectivity index (χ4n) is 1.92. The first-order valence-corrected chi connectivity index (χ1v) is 6.98. The molecular formula is C13H19N7O3. The monoisotopic (exact) mass is 321 g/mol. The molecule has 0 heterocycles. The normalized spacial score (nSPS) is 10.2. The Balaban J connectivity index is 2.52. The molecule has 0 aliphatic rings. The van der Waals surface area contributed by atoms with Crippen LogP contribution in [-0.2, 0) is 4.79 Å². The quantitative estimate of drug-likeness (QED) is 0.169. The number of rotatable bonds is 10. The molecule has 0 aromatic heterocycles. The molecule has 0 saturated carbocycles. The van der Waals surface area contributed by atoms with Crippen molar-refractivity contribution < 1.29 is 9.72 Å². The number of azide groups is 1. The average molecular weight is 321 g/mol. The lowest BCUT2D eigenvalue weighted by Gasteiger charge is -2.15. The van der Waals surface area contributed by atoms with Crippen molar-refractivity contribution in [1.29, 1.82) is 0 Å². The maximum absolute atomic E-state index is 11.0. The predicted octanol–water partition coefficient (Wildman–Crippen LogP) is 2.15. The number of nitro groups is 1. The van der Waals surface area contributed by atoms with E-state index in [0.717, 1.165) is 13.0 Å². The zero-order valence-corrected chi connectivity index (χ0v) is 12.8. The molecule has 23 heavy (non-hydrogen) atoms. The Hall–Kier alpha value is -2.84. The van der Waals surface area contributed by atoms with E-state index in [4.69, 9.17) is 11.3 Å². The largest absolute Gasteiger partial charge is 0.379 e. The number of nitrogens with zero attached hydrogens (tertiary/aromatic N) is 5. The molecule has 0 unspecified atom stereocenters. The first-order chi connectivity index (χ1) is 10.9. The molecule has 10 nitrogen and oxygen atoms in total. The van der Waals surface area contributed by atoms with Crippen molar-refractivity contribution in [3.63, 3.8) is 0 Å². The fraction of sp³-hybridized carbons (Fsp3) is 0.462. The minimum atomic E-state index is -0.530. The van der Waals surface area contributed by atoms with E-state index < -0.39 is 4.92 Å². The van der Waals surface area contributed by atoms with Gasteiger partial charge in [-0.3, -0.25) is 14.9 Å². The van der Waals surface area contributed by atoms with Crippen molar-refractivity contribution in [2.75, 3.05) is 32.0 Å². The Morgan fingerprint density at radius 1 is 1.52 bits per heavy atom. The van der Waals surface area contributed by atoms with Crippen molar-refractivity contribution in [3.8, 4) is 0 Å². The van der Waals surface area contributed by atoms with Gasteiger partial charge >= 0.3 is 0 Å². The van der Waals surface area contributed by atoms with Crippen LogP contribution in [0.4, 0.5) is 17.1 Å². The van der Waals surface area contributed by atoms with E-state index in [-0.39, 0.29) is 17.3 Å². The third kappa shape index (κ3) is 6.64. The van der Waals surface area contributed by atoms with Gasteiger partial charge in [-0.1, -0.05) is 11.2 Å². The second kappa shape index (κ2) is 9.23. The zero-order valence-electron chi connectivity index (χ0n) is 12.8. The molecular weight excluding hydrogens is 302 g/mol. The van der Waals surface area contributed by atoms with Crippen molar-refractivity contribution in [3.05, 3.63) is 38.8 Å². The molecule has 1 amide bonds. The molecule has 0 aliphatic carbocycles. The lowest BCUT2D eigenvalue weighted by molar-refractivity contribution is -0.383. The van der Waals surface area contributed by atoms with Gasteiger partial charge in [0.05, 0.1) is 4.92 Å². The number of benzene rings is 1. The van der Waals surface area contributed by atoms with Gasteiger partial charge in [0.25, 0.3) is 5.69 Å².